The van der Waals surface area contributed by atoms with Gasteiger partial charge in [0.1, 0.15) is 6.54 Å². The summed E-state index contributed by atoms with van der Waals surface area (Å²) < 4.78 is 46.7. The third kappa shape index (κ3) is 5.74. The van der Waals surface area contributed by atoms with E-state index in [1.807, 2.05) is 0 Å². The van der Waals surface area contributed by atoms with Crippen LogP contribution in [0.25, 0.3) is 17.1 Å². The van der Waals surface area contributed by atoms with Crippen LogP contribution in [0.2, 0.25) is 5.02 Å². The highest BCUT2D eigenvalue weighted by Gasteiger charge is 2.39. The number of carbonyl (C=O) groups excluding carboxylic acids is 2. The van der Waals surface area contributed by atoms with E-state index in [-0.39, 0.29) is 34.3 Å². The molecule has 2 aromatic carbocycles. The smallest absolute Gasteiger partial charge is 0.416 e. The zero-order valence-corrected chi connectivity index (χ0v) is 21.6. The summed E-state index contributed by atoms with van der Waals surface area (Å²) in [6.07, 6.45) is -7.84. The molecule has 2 heterocycles. The number of nitrogens with one attached hydrogen (secondary N) is 1. The normalized spacial score (nSPS) is 12.3. The maximum Gasteiger partial charge on any atom is 0.416 e. The minimum Gasteiger partial charge on any atom is -0.463 e. The molecule has 0 aliphatic rings. The van der Waals surface area contributed by atoms with Crippen molar-refractivity contribution in [3.8, 4) is 17.1 Å². The van der Waals surface area contributed by atoms with Gasteiger partial charge in [0.15, 0.2) is 17.8 Å². The predicted octanol–water partition coefficient (Wildman–Crippen LogP) is 2.06. The molecule has 0 spiro atoms. The number of para-hydroxylation sites is 1. The van der Waals surface area contributed by atoms with Crippen molar-refractivity contribution < 1.29 is 32.6 Å². The number of nitrogens with zero attached hydrogens (tertiary/aromatic N) is 6. The molecular weight excluding hydrogens is 559 g/mol. The monoisotopic (exact) mass is 579 g/mol. The van der Waals surface area contributed by atoms with Crippen molar-refractivity contribution >= 4 is 23.5 Å². The molecule has 12 nitrogen and oxygen atoms in total. The number of ether oxygens (including phenoxy) is 1. The summed E-state index contributed by atoms with van der Waals surface area (Å²) in [6, 6.07) is 12.0. The third-order valence-corrected chi connectivity index (χ3v) is 5.92. The number of esters is 1. The highest BCUT2D eigenvalue weighted by atomic mass is 35.5. The minimum atomic E-state index is -4.99. The highest BCUT2D eigenvalue weighted by Crippen LogP contribution is 2.24. The van der Waals surface area contributed by atoms with Crippen LogP contribution >= 0.6 is 11.6 Å². The fourth-order valence-corrected chi connectivity index (χ4v) is 3.86. The molecule has 1 atom stereocenters. The molecule has 4 aromatic rings. The summed E-state index contributed by atoms with van der Waals surface area (Å²) in [5.74, 6) is -2.03. The molecule has 0 bridgehead atoms. The van der Waals surface area contributed by atoms with Crippen molar-refractivity contribution in [1.82, 2.24) is 34.4 Å². The first-order valence-electron chi connectivity index (χ1n) is 11.5. The first kappa shape index (κ1) is 28.5. The van der Waals surface area contributed by atoms with Crippen LogP contribution in [0.1, 0.15) is 26.8 Å². The van der Waals surface area contributed by atoms with Crippen LogP contribution in [-0.2, 0) is 17.8 Å². The Hall–Kier alpha value is -4.50. The van der Waals surface area contributed by atoms with Gasteiger partial charge in [-0.1, -0.05) is 23.7 Å². The van der Waals surface area contributed by atoms with Crippen molar-refractivity contribution in [1.29, 1.82) is 0 Å². The number of halogens is 4. The Morgan fingerprint density at radius 2 is 1.80 bits per heavy atom. The van der Waals surface area contributed by atoms with E-state index in [1.165, 1.54) is 43.4 Å². The van der Waals surface area contributed by atoms with Crippen LogP contribution in [0.15, 0.2) is 53.3 Å². The van der Waals surface area contributed by atoms with Crippen LogP contribution in [0.5, 0.6) is 0 Å². The van der Waals surface area contributed by atoms with Gasteiger partial charge in [-0.05, 0) is 36.4 Å². The Balaban J connectivity index is 1.81. The molecule has 210 valence electrons. The predicted molar refractivity (Wildman–Crippen MR) is 134 cm³/mol. The second-order valence-corrected chi connectivity index (χ2v) is 8.73. The zero-order valence-electron chi connectivity index (χ0n) is 20.9. The van der Waals surface area contributed by atoms with Crippen molar-refractivity contribution in [2.24, 2.45) is 0 Å². The van der Waals surface area contributed by atoms with E-state index >= 15 is 0 Å². The second-order valence-electron chi connectivity index (χ2n) is 8.29. The number of hydrogen-bond donors (Lipinski definition) is 2. The topological polar surface area (TPSA) is 146 Å². The van der Waals surface area contributed by atoms with Gasteiger partial charge < -0.3 is 15.2 Å². The van der Waals surface area contributed by atoms with Crippen LogP contribution < -0.4 is 11.0 Å². The minimum absolute atomic E-state index is 0.141. The van der Waals surface area contributed by atoms with E-state index in [0.717, 1.165) is 16.5 Å². The van der Waals surface area contributed by atoms with Gasteiger partial charge in [0.25, 0.3) is 5.91 Å². The molecule has 2 aromatic heterocycles. The molecule has 0 radical (unpaired) electrons. The molecule has 0 aliphatic heterocycles. The molecule has 0 fully saturated rings. The third-order valence-electron chi connectivity index (χ3n) is 5.67. The van der Waals surface area contributed by atoms with E-state index in [0.29, 0.717) is 9.59 Å². The first-order chi connectivity index (χ1) is 18.9. The number of alkyl halides is 3. The van der Waals surface area contributed by atoms with Crippen molar-refractivity contribution in [3.05, 3.63) is 81.3 Å². The van der Waals surface area contributed by atoms with Crippen LogP contribution in [0, 0.1) is 0 Å². The number of aliphatic hydroxyl groups is 1. The Bertz CT molecular complexity index is 1610. The summed E-state index contributed by atoms with van der Waals surface area (Å²) in [5, 5.41) is 20.9. The Kier molecular flexibility index (Phi) is 8.06. The molecule has 16 heteroatoms. The largest absolute Gasteiger partial charge is 0.463 e. The molecule has 0 saturated heterocycles. The fraction of sp³-hybridized carbons (Fsp3) is 0.250. The van der Waals surface area contributed by atoms with E-state index in [1.54, 1.807) is 12.1 Å². The van der Waals surface area contributed by atoms with E-state index < -0.39 is 42.9 Å². The second kappa shape index (κ2) is 11.3. The van der Waals surface area contributed by atoms with E-state index in [9.17, 15) is 32.7 Å². The molecule has 0 aliphatic carbocycles. The maximum atomic E-state index is 13.2. The molecule has 1 unspecified atom stereocenters. The van der Waals surface area contributed by atoms with Crippen molar-refractivity contribution in [2.45, 2.75) is 25.4 Å². The van der Waals surface area contributed by atoms with E-state index in [2.05, 4.69) is 20.5 Å². The first-order valence-corrected chi connectivity index (χ1v) is 11.9. The van der Waals surface area contributed by atoms with Gasteiger partial charge in [0.05, 0.1) is 24.9 Å². The van der Waals surface area contributed by atoms with Crippen molar-refractivity contribution in [3.63, 3.8) is 0 Å². The lowest BCUT2D eigenvalue weighted by molar-refractivity contribution is -0.207. The van der Waals surface area contributed by atoms with Gasteiger partial charge in [0, 0.05) is 17.6 Å². The fourth-order valence-electron chi connectivity index (χ4n) is 3.73. The maximum absolute atomic E-state index is 13.2. The number of aromatic nitrogens is 6. The quantitative estimate of drug-likeness (QED) is 0.302. The number of carbonyl (C=O) groups is 2. The molecule has 0 saturated carbocycles. The lowest BCUT2D eigenvalue weighted by Crippen LogP contribution is -2.37. The van der Waals surface area contributed by atoms with Crippen LogP contribution in [0.3, 0.4) is 0 Å². The van der Waals surface area contributed by atoms with Gasteiger partial charge in [-0.15, -0.1) is 10.2 Å². The Morgan fingerprint density at radius 3 is 2.42 bits per heavy atom. The Labute approximate surface area is 228 Å². The summed E-state index contributed by atoms with van der Waals surface area (Å²) in [6.45, 7) is -1.61. The van der Waals surface area contributed by atoms with Gasteiger partial charge in [0.2, 0.25) is 5.82 Å². The summed E-state index contributed by atoms with van der Waals surface area (Å²) in [7, 11) is 2.53. The van der Waals surface area contributed by atoms with Crippen LogP contribution in [-0.4, -0.2) is 72.5 Å². The standard InChI is InChI=1S/C24H21ClF3N7O5/c1-29-21(37)15-5-3-4-6-16(15)35-20(22(38)40-2)30-18(31-35)12-34-23(39)33(11-17(36)24(26,27)28)19(32-34)13-7-9-14(25)10-8-13/h3-10,17,36H,11-12H2,1-2H3,(H,29,37). The van der Waals surface area contributed by atoms with E-state index in [4.69, 9.17) is 16.3 Å². The molecule has 2 N–H and O–H groups in total. The number of amides is 1. The average Bonchev–Trinajstić information content (AvgIpc) is 3.49. The number of methoxy groups -OCH3 is 1. The molecule has 40 heavy (non-hydrogen) atoms. The number of benzene rings is 2. The average molecular weight is 580 g/mol. The molecule has 1 amide bonds. The molecule has 4 rings (SSSR count). The summed E-state index contributed by atoms with van der Waals surface area (Å²) in [4.78, 5) is 42.2. The Morgan fingerprint density at radius 1 is 1.12 bits per heavy atom. The zero-order chi connectivity index (χ0) is 29.2. The van der Waals surface area contributed by atoms with Crippen molar-refractivity contribution in [2.75, 3.05) is 14.2 Å². The number of rotatable bonds is 8. The number of hydrogen-bond acceptors (Lipinski definition) is 8. The van der Waals surface area contributed by atoms with Gasteiger partial charge in [-0.25, -0.2) is 23.9 Å². The van der Waals surface area contributed by atoms with Crippen LogP contribution in [0.4, 0.5) is 13.2 Å². The lowest BCUT2D eigenvalue weighted by atomic mass is 10.1. The number of aliphatic hydroxyl groups excluding tert-OH is 1. The highest BCUT2D eigenvalue weighted by molar-refractivity contribution is 6.30. The van der Waals surface area contributed by atoms with Gasteiger partial charge >= 0.3 is 17.8 Å². The van der Waals surface area contributed by atoms with Gasteiger partial charge in [-0.3, -0.25) is 9.36 Å². The SMILES string of the molecule is CNC(=O)c1ccccc1-n1nc(Cn2nc(-c3ccc(Cl)cc3)n(CC(O)C(F)(F)F)c2=O)nc1C(=O)OC. The summed E-state index contributed by atoms with van der Waals surface area (Å²) >= 11 is 5.91. The molecular formula is C24H21ClF3N7O5. The summed E-state index contributed by atoms with van der Waals surface area (Å²) in [5.41, 5.74) is -0.425. The lowest BCUT2D eigenvalue weighted by Gasteiger charge is -2.15. The van der Waals surface area contributed by atoms with Gasteiger partial charge in [-0.2, -0.15) is 13.2 Å².